The zero-order chi connectivity index (χ0) is 20.8. The summed E-state index contributed by atoms with van der Waals surface area (Å²) >= 11 is 0. The van der Waals surface area contributed by atoms with Gasteiger partial charge in [-0.15, -0.1) is 0 Å². The number of rotatable bonds is 12. The highest BCUT2D eigenvalue weighted by atomic mass is 33.1. The van der Waals surface area contributed by atoms with Crippen molar-refractivity contribution < 1.29 is 9.90 Å². The van der Waals surface area contributed by atoms with Crippen molar-refractivity contribution in [3.05, 3.63) is 0 Å². The Kier molecular flexibility index (Phi) is 29.6. The fourth-order valence-electron chi connectivity index (χ4n) is 1.59. The smallest absolute Gasteiger partial charge is 0.220 e. The molecule has 1 atom stereocenters. The number of carbonyl (C=O) groups is 1. The Morgan fingerprint density at radius 2 is 1.54 bits per heavy atom. The molecule has 0 saturated carbocycles. The van der Waals surface area contributed by atoms with Gasteiger partial charge in [0.2, 0.25) is 5.91 Å². The SMILES string of the molecule is CC(C)CC(C)O.CC(C)CCC(=O)NCCSSCCN.CCCN. The zero-order valence-corrected chi connectivity index (χ0v) is 19.6. The van der Waals surface area contributed by atoms with Gasteiger partial charge in [-0.2, -0.15) is 0 Å². The molecule has 0 aliphatic heterocycles. The molecule has 0 aliphatic carbocycles. The van der Waals surface area contributed by atoms with Gasteiger partial charge < -0.3 is 21.9 Å². The Morgan fingerprint density at radius 3 is 1.88 bits per heavy atom. The van der Waals surface area contributed by atoms with E-state index < -0.39 is 0 Å². The minimum Gasteiger partial charge on any atom is -0.393 e. The lowest BCUT2D eigenvalue weighted by Crippen LogP contribution is -2.25. The average Bonchev–Trinajstić information content (AvgIpc) is 2.55. The van der Waals surface area contributed by atoms with Gasteiger partial charge in [-0.05, 0) is 44.6 Å². The third-order valence-electron chi connectivity index (χ3n) is 2.84. The van der Waals surface area contributed by atoms with E-state index in [0.29, 0.717) is 18.3 Å². The van der Waals surface area contributed by atoms with Crippen LogP contribution in [0.4, 0.5) is 0 Å². The van der Waals surface area contributed by atoms with Crippen molar-refractivity contribution in [1.82, 2.24) is 5.32 Å². The Bertz CT molecular complexity index is 272. The second-order valence-electron chi connectivity index (χ2n) is 6.98. The van der Waals surface area contributed by atoms with Crippen LogP contribution in [0.15, 0.2) is 0 Å². The van der Waals surface area contributed by atoms with Crippen LogP contribution in [0.1, 0.15) is 67.2 Å². The van der Waals surface area contributed by atoms with Crippen molar-refractivity contribution >= 4 is 27.5 Å². The van der Waals surface area contributed by atoms with Gasteiger partial charge in [-0.1, -0.05) is 56.2 Å². The molecule has 1 unspecified atom stereocenters. The fourth-order valence-corrected chi connectivity index (χ4v) is 3.35. The second kappa shape index (κ2) is 25.1. The Labute approximate surface area is 170 Å². The lowest BCUT2D eigenvalue weighted by atomic mass is 10.1. The number of carbonyl (C=O) groups excluding carboxylic acids is 1. The molecule has 7 heteroatoms. The van der Waals surface area contributed by atoms with E-state index in [-0.39, 0.29) is 12.0 Å². The highest BCUT2D eigenvalue weighted by Crippen LogP contribution is 2.18. The van der Waals surface area contributed by atoms with E-state index in [2.05, 4.69) is 39.9 Å². The lowest BCUT2D eigenvalue weighted by molar-refractivity contribution is -0.121. The van der Waals surface area contributed by atoms with E-state index in [0.717, 1.165) is 50.4 Å². The minimum absolute atomic E-state index is 0.125. The van der Waals surface area contributed by atoms with Crippen LogP contribution in [0.25, 0.3) is 0 Å². The number of amides is 1. The maximum Gasteiger partial charge on any atom is 0.220 e. The van der Waals surface area contributed by atoms with Crippen molar-refractivity contribution in [3.8, 4) is 0 Å². The van der Waals surface area contributed by atoms with Gasteiger partial charge in [0, 0.05) is 31.0 Å². The maximum atomic E-state index is 11.3. The quantitative estimate of drug-likeness (QED) is 0.289. The van der Waals surface area contributed by atoms with Gasteiger partial charge in [-0.3, -0.25) is 4.79 Å². The highest BCUT2D eigenvalue weighted by Gasteiger charge is 2.02. The molecular formula is C19H45N3O2S2. The van der Waals surface area contributed by atoms with Crippen LogP contribution >= 0.6 is 21.6 Å². The number of hydrogen-bond acceptors (Lipinski definition) is 6. The molecule has 0 radical (unpaired) electrons. The fraction of sp³-hybridized carbons (Fsp3) is 0.947. The Hall–Kier alpha value is 0.0500. The van der Waals surface area contributed by atoms with Crippen molar-refractivity contribution in [2.45, 2.75) is 73.3 Å². The third-order valence-corrected chi connectivity index (χ3v) is 5.28. The maximum absolute atomic E-state index is 11.3. The zero-order valence-electron chi connectivity index (χ0n) is 17.9. The molecule has 0 bridgehead atoms. The first-order valence-electron chi connectivity index (χ1n) is 9.80. The first-order valence-corrected chi connectivity index (χ1v) is 12.3. The average molecular weight is 412 g/mol. The van der Waals surface area contributed by atoms with Crippen LogP contribution in [0.2, 0.25) is 0 Å². The first-order chi connectivity index (χ1) is 12.2. The number of aliphatic hydroxyl groups excluding tert-OH is 1. The number of nitrogens with one attached hydrogen (secondary N) is 1. The molecule has 0 fully saturated rings. The van der Waals surface area contributed by atoms with Gasteiger partial charge in [-0.25, -0.2) is 0 Å². The van der Waals surface area contributed by atoms with Gasteiger partial charge in [0.1, 0.15) is 0 Å². The van der Waals surface area contributed by atoms with Crippen molar-refractivity contribution in [2.75, 3.05) is 31.1 Å². The third kappa shape index (κ3) is 39.2. The minimum atomic E-state index is -0.125. The van der Waals surface area contributed by atoms with E-state index in [9.17, 15) is 4.79 Å². The lowest BCUT2D eigenvalue weighted by Gasteiger charge is -2.06. The normalized spacial score (nSPS) is 11.3. The van der Waals surface area contributed by atoms with Gasteiger partial charge in [0.05, 0.1) is 6.10 Å². The standard InChI is InChI=1S/C10H22N2OS2.C6H14O.C3H9N/c1-9(2)3-4-10(13)12-6-8-15-14-7-5-11;1-5(2)4-6(3)7;1-2-3-4/h9H,3-8,11H2,1-2H3,(H,12,13);5-7H,4H2,1-3H3;2-4H2,1H3. The predicted molar refractivity (Wildman–Crippen MR) is 122 cm³/mol. The van der Waals surface area contributed by atoms with E-state index in [1.54, 1.807) is 21.6 Å². The van der Waals surface area contributed by atoms with Crippen LogP contribution < -0.4 is 16.8 Å². The van der Waals surface area contributed by atoms with Crippen LogP contribution in [0.5, 0.6) is 0 Å². The summed E-state index contributed by atoms with van der Waals surface area (Å²) < 4.78 is 0. The molecule has 5 nitrogen and oxygen atoms in total. The molecule has 0 aliphatic rings. The molecular weight excluding hydrogens is 366 g/mol. The molecule has 0 aromatic carbocycles. The van der Waals surface area contributed by atoms with Gasteiger partial charge in [0.25, 0.3) is 0 Å². The summed E-state index contributed by atoms with van der Waals surface area (Å²) in [6.07, 6.45) is 3.51. The summed E-state index contributed by atoms with van der Waals surface area (Å²) in [6.45, 7) is 14.6. The summed E-state index contributed by atoms with van der Waals surface area (Å²) in [5.41, 5.74) is 10.4. The first kappa shape index (κ1) is 30.8. The Morgan fingerprint density at radius 1 is 1.00 bits per heavy atom. The van der Waals surface area contributed by atoms with Gasteiger partial charge >= 0.3 is 0 Å². The van der Waals surface area contributed by atoms with Crippen LogP contribution in [0.3, 0.4) is 0 Å². The van der Waals surface area contributed by atoms with Crippen LogP contribution in [-0.4, -0.2) is 48.3 Å². The van der Waals surface area contributed by atoms with Crippen molar-refractivity contribution in [1.29, 1.82) is 0 Å². The molecule has 0 aromatic heterocycles. The second-order valence-corrected chi connectivity index (χ2v) is 9.68. The summed E-state index contributed by atoms with van der Waals surface area (Å²) in [7, 11) is 3.53. The number of hydrogen-bond donors (Lipinski definition) is 4. The van der Waals surface area contributed by atoms with E-state index in [1.807, 2.05) is 6.92 Å². The molecule has 0 rings (SSSR count). The number of nitrogens with two attached hydrogens (primary N) is 2. The summed E-state index contributed by atoms with van der Waals surface area (Å²) in [5.74, 6) is 3.34. The molecule has 0 aromatic rings. The topological polar surface area (TPSA) is 101 Å². The number of aliphatic hydroxyl groups is 1. The van der Waals surface area contributed by atoms with Crippen molar-refractivity contribution in [2.24, 2.45) is 23.3 Å². The summed E-state index contributed by atoms with van der Waals surface area (Å²) in [6, 6.07) is 0. The molecule has 6 N–H and O–H groups in total. The van der Waals surface area contributed by atoms with E-state index >= 15 is 0 Å². The van der Waals surface area contributed by atoms with Crippen LogP contribution in [-0.2, 0) is 4.79 Å². The molecule has 0 saturated heterocycles. The molecule has 0 spiro atoms. The monoisotopic (exact) mass is 411 g/mol. The molecule has 26 heavy (non-hydrogen) atoms. The Balaban J connectivity index is -0.000000397. The molecule has 1 amide bonds. The van der Waals surface area contributed by atoms with E-state index in [4.69, 9.17) is 16.6 Å². The predicted octanol–water partition coefficient (Wildman–Crippen LogP) is 3.65. The highest BCUT2D eigenvalue weighted by molar-refractivity contribution is 8.76. The molecule has 160 valence electrons. The van der Waals surface area contributed by atoms with Gasteiger partial charge in [0.15, 0.2) is 0 Å². The van der Waals surface area contributed by atoms with Crippen LogP contribution in [0, 0.1) is 11.8 Å². The summed E-state index contributed by atoms with van der Waals surface area (Å²) in [4.78, 5) is 11.3. The van der Waals surface area contributed by atoms with E-state index in [1.165, 1.54) is 0 Å². The summed E-state index contributed by atoms with van der Waals surface area (Å²) in [5, 5.41) is 11.6. The largest absolute Gasteiger partial charge is 0.393 e. The van der Waals surface area contributed by atoms with Crippen molar-refractivity contribution in [3.63, 3.8) is 0 Å². The molecule has 0 heterocycles.